The van der Waals surface area contributed by atoms with E-state index in [2.05, 4.69) is 21.1 Å². The van der Waals surface area contributed by atoms with Crippen molar-refractivity contribution in [2.45, 2.75) is 23.3 Å². The molecule has 10 heteroatoms. The summed E-state index contributed by atoms with van der Waals surface area (Å²) >= 11 is 0. The molecule has 0 saturated carbocycles. The molecule has 1 aliphatic heterocycles. The summed E-state index contributed by atoms with van der Waals surface area (Å²) in [6.07, 6.45) is 2.31. The summed E-state index contributed by atoms with van der Waals surface area (Å²) in [5.74, 6) is -0.192. The highest BCUT2D eigenvalue weighted by molar-refractivity contribution is 7.90. The Labute approximate surface area is 210 Å². The lowest BCUT2D eigenvalue weighted by Crippen LogP contribution is -2.55. The van der Waals surface area contributed by atoms with Crippen LogP contribution in [-0.4, -0.2) is 50.3 Å². The van der Waals surface area contributed by atoms with E-state index in [1.807, 2.05) is 6.07 Å². The lowest BCUT2D eigenvalue weighted by Gasteiger charge is -2.38. The second-order valence-corrected chi connectivity index (χ2v) is 10.8. The van der Waals surface area contributed by atoms with Crippen molar-refractivity contribution in [3.8, 4) is 11.1 Å². The third-order valence-corrected chi connectivity index (χ3v) is 7.44. The van der Waals surface area contributed by atoms with Crippen molar-refractivity contribution in [3.05, 3.63) is 78.4 Å². The van der Waals surface area contributed by atoms with E-state index in [0.717, 1.165) is 5.56 Å². The first-order valence-corrected chi connectivity index (χ1v) is 13.4. The van der Waals surface area contributed by atoms with Gasteiger partial charge in [0.05, 0.1) is 4.90 Å². The Morgan fingerprint density at radius 3 is 2.36 bits per heavy atom. The molecule has 0 atom stereocenters. The van der Waals surface area contributed by atoms with Crippen LogP contribution in [0, 0.1) is 0 Å². The number of nitrogens with zero attached hydrogens (tertiary/aromatic N) is 1. The van der Waals surface area contributed by atoms with Crippen LogP contribution in [-0.2, 0) is 14.6 Å². The summed E-state index contributed by atoms with van der Waals surface area (Å²) in [5.41, 5.74) is 8.04. The number of nitrogens with one attached hydrogen (secondary N) is 3. The SMILES string of the molecule is CS(=O)(=O)c1ccccc1-c1ccc(NC(=O)C2(Nc3cccc(/C(N)=N/O)c3)CCNCC2)cc1. The number of amidine groups is 1. The van der Waals surface area contributed by atoms with E-state index >= 15 is 0 Å². The molecule has 0 unspecified atom stereocenters. The molecule has 1 saturated heterocycles. The van der Waals surface area contributed by atoms with Crippen LogP contribution in [0.4, 0.5) is 11.4 Å². The predicted octanol–water partition coefficient (Wildman–Crippen LogP) is 3.02. The molecule has 188 valence electrons. The smallest absolute Gasteiger partial charge is 0.250 e. The van der Waals surface area contributed by atoms with E-state index in [9.17, 15) is 13.2 Å². The fourth-order valence-electron chi connectivity index (χ4n) is 4.36. The van der Waals surface area contributed by atoms with E-state index in [0.29, 0.717) is 48.4 Å². The highest BCUT2D eigenvalue weighted by Gasteiger charge is 2.39. The lowest BCUT2D eigenvalue weighted by atomic mass is 9.86. The zero-order valence-corrected chi connectivity index (χ0v) is 20.7. The first kappa shape index (κ1) is 25.2. The normalized spacial score (nSPS) is 15.8. The summed E-state index contributed by atoms with van der Waals surface area (Å²) in [4.78, 5) is 13.8. The number of piperidine rings is 1. The standard InChI is InChI=1S/C26H29N5O4S/c1-36(34,35)23-8-3-2-7-22(23)18-9-11-20(12-10-18)29-25(32)26(13-15-28-16-14-26)30-21-6-4-5-19(17-21)24(27)31-33/h2-12,17,28,30,33H,13-16H2,1H3,(H2,27,31)(H,29,32). The molecule has 0 bridgehead atoms. The summed E-state index contributed by atoms with van der Waals surface area (Å²) in [7, 11) is -3.39. The van der Waals surface area contributed by atoms with Gasteiger partial charge >= 0.3 is 0 Å². The number of carbonyl (C=O) groups is 1. The third-order valence-electron chi connectivity index (χ3n) is 6.28. The molecule has 1 fully saturated rings. The van der Waals surface area contributed by atoms with Gasteiger partial charge < -0.3 is 26.9 Å². The van der Waals surface area contributed by atoms with Gasteiger partial charge in [-0.25, -0.2) is 8.42 Å². The average Bonchev–Trinajstić information content (AvgIpc) is 2.89. The Hall–Kier alpha value is -3.89. The Kier molecular flexibility index (Phi) is 7.27. The monoisotopic (exact) mass is 507 g/mol. The topological polar surface area (TPSA) is 146 Å². The quantitative estimate of drug-likeness (QED) is 0.143. The number of hydrogen-bond acceptors (Lipinski definition) is 7. The number of hydrogen-bond donors (Lipinski definition) is 5. The Bertz CT molecular complexity index is 1380. The van der Waals surface area contributed by atoms with Gasteiger partial charge in [0.15, 0.2) is 15.7 Å². The zero-order chi connectivity index (χ0) is 25.8. The molecule has 0 spiro atoms. The van der Waals surface area contributed by atoms with E-state index in [1.54, 1.807) is 66.7 Å². The maximum atomic E-state index is 13.5. The zero-order valence-electron chi connectivity index (χ0n) is 19.9. The van der Waals surface area contributed by atoms with E-state index in [4.69, 9.17) is 10.9 Å². The number of benzene rings is 3. The highest BCUT2D eigenvalue weighted by atomic mass is 32.2. The first-order valence-electron chi connectivity index (χ1n) is 11.5. The number of carbonyl (C=O) groups excluding carboxylic acids is 1. The molecule has 4 rings (SSSR count). The van der Waals surface area contributed by atoms with Crippen molar-refractivity contribution >= 4 is 33.0 Å². The summed E-state index contributed by atoms with van der Waals surface area (Å²) in [5, 5.41) is 21.7. The molecule has 6 N–H and O–H groups in total. The van der Waals surface area contributed by atoms with E-state index in [1.165, 1.54) is 6.26 Å². The van der Waals surface area contributed by atoms with Crippen LogP contribution in [0.1, 0.15) is 18.4 Å². The molecule has 1 heterocycles. The van der Waals surface area contributed by atoms with Gasteiger partial charge in [0, 0.05) is 28.8 Å². The largest absolute Gasteiger partial charge is 0.409 e. The van der Waals surface area contributed by atoms with Crippen molar-refractivity contribution < 1.29 is 18.4 Å². The van der Waals surface area contributed by atoms with Gasteiger partial charge in [-0.05, 0) is 61.8 Å². The van der Waals surface area contributed by atoms with Crippen molar-refractivity contribution in [2.24, 2.45) is 10.9 Å². The average molecular weight is 508 g/mol. The molecule has 9 nitrogen and oxygen atoms in total. The molecule has 0 aliphatic carbocycles. The molecule has 36 heavy (non-hydrogen) atoms. The maximum absolute atomic E-state index is 13.5. The van der Waals surface area contributed by atoms with Crippen LogP contribution in [0.5, 0.6) is 0 Å². The van der Waals surface area contributed by atoms with Crippen LogP contribution in [0.15, 0.2) is 82.8 Å². The summed E-state index contributed by atoms with van der Waals surface area (Å²) < 4.78 is 24.4. The third kappa shape index (κ3) is 5.50. The van der Waals surface area contributed by atoms with Crippen molar-refractivity contribution in [3.63, 3.8) is 0 Å². The number of oxime groups is 1. The van der Waals surface area contributed by atoms with Crippen LogP contribution >= 0.6 is 0 Å². The minimum absolute atomic E-state index is 0.0139. The van der Waals surface area contributed by atoms with Gasteiger partial charge in [-0.1, -0.05) is 47.6 Å². The van der Waals surface area contributed by atoms with Crippen molar-refractivity contribution in [1.29, 1.82) is 0 Å². The number of amides is 1. The minimum Gasteiger partial charge on any atom is -0.409 e. The number of nitrogens with two attached hydrogens (primary N) is 1. The van der Waals surface area contributed by atoms with Crippen LogP contribution in [0.25, 0.3) is 11.1 Å². The van der Waals surface area contributed by atoms with Gasteiger partial charge in [0.25, 0.3) is 0 Å². The van der Waals surface area contributed by atoms with Crippen molar-refractivity contribution in [2.75, 3.05) is 30.0 Å². The molecule has 0 aromatic heterocycles. The molecular weight excluding hydrogens is 478 g/mol. The lowest BCUT2D eigenvalue weighted by molar-refractivity contribution is -0.121. The van der Waals surface area contributed by atoms with Crippen LogP contribution in [0.2, 0.25) is 0 Å². The van der Waals surface area contributed by atoms with Gasteiger partial charge in [-0.15, -0.1) is 0 Å². The Morgan fingerprint density at radius 2 is 1.69 bits per heavy atom. The maximum Gasteiger partial charge on any atom is 0.250 e. The fourth-order valence-corrected chi connectivity index (χ4v) is 5.28. The van der Waals surface area contributed by atoms with Crippen molar-refractivity contribution in [1.82, 2.24) is 5.32 Å². The molecule has 3 aromatic rings. The summed E-state index contributed by atoms with van der Waals surface area (Å²) in [6.45, 7) is 1.34. The first-order chi connectivity index (χ1) is 17.2. The van der Waals surface area contributed by atoms with Gasteiger partial charge in [-0.3, -0.25) is 4.79 Å². The predicted molar refractivity (Wildman–Crippen MR) is 141 cm³/mol. The molecule has 1 amide bonds. The van der Waals surface area contributed by atoms with Gasteiger partial charge in [-0.2, -0.15) is 0 Å². The minimum atomic E-state index is -3.39. The Morgan fingerprint density at radius 1 is 1.00 bits per heavy atom. The number of anilines is 2. The van der Waals surface area contributed by atoms with Gasteiger partial charge in [0.2, 0.25) is 5.91 Å². The van der Waals surface area contributed by atoms with Crippen LogP contribution in [0.3, 0.4) is 0 Å². The molecule has 0 radical (unpaired) electrons. The summed E-state index contributed by atoms with van der Waals surface area (Å²) in [6, 6.07) is 21.0. The van der Waals surface area contributed by atoms with Crippen LogP contribution < -0.4 is 21.7 Å². The van der Waals surface area contributed by atoms with E-state index < -0.39 is 15.4 Å². The molecule has 1 aliphatic rings. The van der Waals surface area contributed by atoms with E-state index in [-0.39, 0.29) is 16.6 Å². The second kappa shape index (κ2) is 10.4. The second-order valence-electron chi connectivity index (χ2n) is 8.82. The number of sulfone groups is 1. The van der Waals surface area contributed by atoms with Gasteiger partial charge in [0.1, 0.15) is 5.54 Å². The number of rotatable bonds is 7. The Balaban J connectivity index is 1.57. The molecular formula is C26H29N5O4S. The highest BCUT2D eigenvalue weighted by Crippen LogP contribution is 2.30. The fraction of sp³-hybridized carbons (Fsp3) is 0.231. The molecule has 3 aromatic carbocycles.